The Balaban J connectivity index is 2.15. The Labute approximate surface area is 83.4 Å². The van der Waals surface area contributed by atoms with Gasteiger partial charge in [0.1, 0.15) is 12.6 Å². The van der Waals surface area contributed by atoms with Crippen LogP contribution in [0.2, 0.25) is 0 Å². The van der Waals surface area contributed by atoms with Crippen LogP contribution in [0.15, 0.2) is 12.2 Å². The SMILES string of the molecule is O=CC1(C=O)[C@@]23CC=CC[C@@]12CCC3. The van der Waals surface area contributed by atoms with Crippen molar-refractivity contribution in [3.63, 3.8) is 0 Å². The maximum Gasteiger partial charge on any atom is 0.134 e. The maximum absolute atomic E-state index is 11.2. The topological polar surface area (TPSA) is 34.1 Å². The Morgan fingerprint density at radius 1 is 0.929 bits per heavy atom. The standard InChI is InChI=1S/C12H14O2/c13-8-12(9-14)10-4-1-2-5-11(10,12)7-3-6-10/h1-2,8-9H,3-7H2/t10-,11+. The number of aldehydes is 2. The lowest BCUT2D eigenvalue weighted by molar-refractivity contribution is -0.124. The van der Waals surface area contributed by atoms with E-state index < -0.39 is 5.41 Å². The molecule has 0 N–H and O–H groups in total. The molecule has 3 aliphatic rings. The Morgan fingerprint density at radius 3 is 1.86 bits per heavy atom. The fourth-order valence-corrected chi connectivity index (χ4v) is 4.47. The molecule has 0 saturated heterocycles. The zero-order valence-electron chi connectivity index (χ0n) is 8.16. The molecule has 74 valence electrons. The second-order valence-electron chi connectivity index (χ2n) is 5.00. The van der Waals surface area contributed by atoms with Crippen LogP contribution in [0.3, 0.4) is 0 Å². The van der Waals surface area contributed by atoms with Crippen molar-refractivity contribution in [1.82, 2.24) is 0 Å². The average Bonchev–Trinajstić information content (AvgIpc) is 2.51. The number of hydrogen-bond acceptors (Lipinski definition) is 2. The molecule has 0 amide bonds. The zero-order valence-corrected chi connectivity index (χ0v) is 8.16. The van der Waals surface area contributed by atoms with Crippen molar-refractivity contribution in [2.24, 2.45) is 16.2 Å². The molecular weight excluding hydrogens is 176 g/mol. The summed E-state index contributed by atoms with van der Waals surface area (Å²) in [6, 6.07) is 0. The molecule has 3 rings (SSSR count). The molecule has 2 heteroatoms. The largest absolute Gasteiger partial charge is 0.302 e. The van der Waals surface area contributed by atoms with Crippen molar-refractivity contribution in [3.8, 4) is 0 Å². The first-order valence-corrected chi connectivity index (χ1v) is 5.36. The lowest BCUT2D eigenvalue weighted by Gasteiger charge is -2.17. The highest BCUT2D eigenvalue weighted by Gasteiger charge is 2.87. The Bertz CT molecular complexity index is 312. The summed E-state index contributed by atoms with van der Waals surface area (Å²) in [6.07, 6.45) is 11.4. The minimum absolute atomic E-state index is 0.0260. The molecule has 2 nitrogen and oxygen atoms in total. The monoisotopic (exact) mass is 190 g/mol. The molecule has 0 unspecified atom stereocenters. The van der Waals surface area contributed by atoms with Gasteiger partial charge in [-0.15, -0.1) is 0 Å². The molecule has 0 aromatic rings. The summed E-state index contributed by atoms with van der Waals surface area (Å²) in [5.41, 5.74) is -0.571. The molecule has 0 spiro atoms. The van der Waals surface area contributed by atoms with Gasteiger partial charge in [0, 0.05) is 10.8 Å². The van der Waals surface area contributed by atoms with Gasteiger partial charge in [-0.3, -0.25) is 0 Å². The Morgan fingerprint density at radius 2 is 1.43 bits per heavy atom. The van der Waals surface area contributed by atoms with Gasteiger partial charge in [0.2, 0.25) is 0 Å². The van der Waals surface area contributed by atoms with Crippen molar-refractivity contribution in [1.29, 1.82) is 0 Å². The number of rotatable bonds is 2. The van der Waals surface area contributed by atoms with Crippen LogP contribution in [0, 0.1) is 16.2 Å². The van der Waals surface area contributed by atoms with Gasteiger partial charge in [-0.2, -0.15) is 0 Å². The highest BCUT2D eigenvalue weighted by Crippen LogP contribution is 2.87. The number of allylic oxidation sites excluding steroid dienone is 2. The van der Waals surface area contributed by atoms with Gasteiger partial charge in [-0.1, -0.05) is 18.6 Å². The number of hydrogen-bond donors (Lipinski definition) is 0. The molecule has 14 heavy (non-hydrogen) atoms. The maximum atomic E-state index is 11.2. The van der Waals surface area contributed by atoms with Crippen LogP contribution in [0.4, 0.5) is 0 Å². The first-order chi connectivity index (χ1) is 6.79. The van der Waals surface area contributed by atoms with E-state index >= 15 is 0 Å². The zero-order chi connectivity index (χ0) is 9.86. The second kappa shape index (κ2) is 2.18. The summed E-state index contributed by atoms with van der Waals surface area (Å²) in [5, 5.41) is 0. The minimum atomic E-state index is -0.623. The Hall–Kier alpha value is -0.920. The minimum Gasteiger partial charge on any atom is -0.302 e. The number of carbonyl (C=O) groups excluding carboxylic acids is 2. The third kappa shape index (κ3) is 0.508. The van der Waals surface area contributed by atoms with Crippen LogP contribution < -0.4 is 0 Å². The van der Waals surface area contributed by atoms with E-state index in [1.807, 2.05) is 0 Å². The van der Waals surface area contributed by atoms with E-state index in [2.05, 4.69) is 12.2 Å². The third-order valence-electron chi connectivity index (χ3n) is 5.12. The molecule has 2 fully saturated rings. The van der Waals surface area contributed by atoms with Gasteiger partial charge >= 0.3 is 0 Å². The van der Waals surface area contributed by atoms with E-state index in [9.17, 15) is 9.59 Å². The molecule has 0 aromatic heterocycles. The first-order valence-electron chi connectivity index (χ1n) is 5.36. The molecular formula is C12H14O2. The molecule has 0 bridgehead atoms. The van der Waals surface area contributed by atoms with Gasteiger partial charge in [0.25, 0.3) is 0 Å². The Kier molecular flexibility index (Phi) is 1.31. The van der Waals surface area contributed by atoms with Gasteiger partial charge in [0.15, 0.2) is 0 Å². The number of carbonyl (C=O) groups is 2. The highest BCUT2D eigenvalue weighted by atomic mass is 16.1. The smallest absolute Gasteiger partial charge is 0.134 e. The van der Waals surface area contributed by atoms with Crippen LogP contribution in [-0.2, 0) is 9.59 Å². The quantitative estimate of drug-likeness (QED) is 0.378. The van der Waals surface area contributed by atoms with Crippen LogP contribution in [0.5, 0.6) is 0 Å². The lowest BCUT2D eigenvalue weighted by Crippen LogP contribution is -2.19. The van der Waals surface area contributed by atoms with E-state index in [-0.39, 0.29) is 10.8 Å². The third-order valence-corrected chi connectivity index (χ3v) is 5.12. The van der Waals surface area contributed by atoms with E-state index in [0.717, 1.165) is 38.3 Å². The molecule has 0 aromatic carbocycles. The van der Waals surface area contributed by atoms with Crippen molar-refractivity contribution < 1.29 is 9.59 Å². The van der Waals surface area contributed by atoms with Crippen molar-refractivity contribution in [2.45, 2.75) is 32.1 Å². The van der Waals surface area contributed by atoms with Gasteiger partial charge < -0.3 is 9.59 Å². The van der Waals surface area contributed by atoms with Crippen LogP contribution in [0.25, 0.3) is 0 Å². The van der Waals surface area contributed by atoms with Gasteiger partial charge in [0.05, 0.1) is 5.41 Å². The summed E-state index contributed by atoms with van der Waals surface area (Å²) in [6.45, 7) is 0. The van der Waals surface area contributed by atoms with Crippen LogP contribution in [-0.4, -0.2) is 12.6 Å². The van der Waals surface area contributed by atoms with Crippen molar-refractivity contribution >= 4 is 12.6 Å². The average molecular weight is 190 g/mol. The summed E-state index contributed by atoms with van der Waals surface area (Å²) in [5.74, 6) is 0. The molecule has 0 radical (unpaired) electrons. The fraction of sp³-hybridized carbons (Fsp3) is 0.667. The predicted molar refractivity (Wildman–Crippen MR) is 51.7 cm³/mol. The van der Waals surface area contributed by atoms with Crippen molar-refractivity contribution in [2.75, 3.05) is 0 Å². The molecule has 3 aliphatic carbocycles. The predicted octanol–water partition coefficient (Wildman–Crippen LogP) is 1.89. The highest BCUT2D eigenvalue weighted by molar-refractivity contribution is 5.94. The second-order valence-corrected chi connectivity index (χ2v) is 5.00. The van der Waals surface area contributed by atoms with Crippen LogP contribution in [0.1, 0.15) is 32.1 Å². The van der Waals surface area contributed by atoms with Gasteiger partial charge in [-0.05, 0) is 25.7 Å². The van der Waals surface area contributed by atoms with E-state index in [0.29, 0.717) is 0 Å². The normalized spacial score (nSPS) is 46.6. The lowest BCUT2D eigenvalue weighted by atomic mass is 9.86. The molecule has 2 saturated carbocycles. The molecule has 0 aliphatic heterocycles. The van der Waals surface area contributed by atoms with Crippen molar-refractivity contribution in [3.05, 3.63) is 12.2 Å². The molecule has 0 heterocycles. The summed E-state index contributed by atoms with van der Waals surface area (Å²) < 4.78 is 0. The van der Waals surface area contributed by atoms with E-state index in [1.54, 1.807) is 0 Å². The molecule has 2 atom stereocenters. The summed E-state index contributed by atoms with van der Waals surface area (Å²) in [4.78, 5) is 22.5. The fourth-order valence-electron chi connectivity index (χ4n) is 4.47. The van der Waals surface area contributed by atoms with E-state index in [1.165, 1.54) is 6.42 Å². The van der Waals surface area contributed by atoms with Crippen LogP contribution >= 0.6 is 0 Å². The van der Waals surface area contributed by atoms with E-state index in [4.69, 9.17) is 0 Å². The summed E-state index contributed by atoms with van der Waals surface area (Å²) >= 11 is 0. The summed E-state index contributed by atoms with van der Waals surface area (Å²) in [7, 11) is 0. The van der Waals surface area contributed by atoms with Gasteiger partial charge in [-0.25, -0.2) is 0 Å². The first kappa shape index (κ1) is 8.39.